The summed E-state index contributed by atoms with van der Waals surface area (Å²) in [6.45, 7) is 0. The first-order valence-electron chi connectivity index (χ1n) is 5.40. The molecule has 19 heavy (non-hydrogen) atoms. The summed E-state index contributed by atoms with van der Waals surface area (Å²) in [5.74, 6) is 1.39. The van der Waals surface area contributed by atoms with Gasteiger partial charge in [0.25, 0.3) is 0 Å². The van der Waals surface area contributed by atoms with Crippen LogP contribution in [0.25, 0.3) is 17.0 Å². The Labute approximate surface area is 122 Å². The van der Waals surface area contributed by atoms with Gasteiger partial charge >= 0.3 is 0 Å². The third-order valence-corrected chi connectivity index (χ3v) is 3.88. The fourth-order valence-electron chi connectivity index (χ4n) is 1.67. The Morgan fingerprint density at radius 1 is 1.26 bits per heavy atom. The molecule has 0 unspecified atom stereocenters. The van der Waals surface area contributed by atoms with Gasteiger partial charge in [-0.2, -0.15) is 0 Å². The molecule has 0 saturated carbocycles. The Morgan fingerprint density at radius 3 is 2.68 bits per heavy atom. The standard InChI is InChI=1S/C12H8BrClN4O/c1-19-8-4-2-7(3-5-8)11-16-12-9(13)10(14)15-6-18(12)17-11/h2-6H,1H3. The number of fused-ring (bicyclic) bond motifs is 1. The van der Waals surface area contributed by atoms with E-state index in [9.17, 15) is 0 Å². The minimum Gasteiger partial charge on any atom is -0.497 e. The molecule has 0 spiro atoms. The van der Waals surface area contributed by atoms with E-state index in [0.717, 1.165) is 11.3 Å². The third kappa shape index (κ3) is 2.17. The van der Waals surface area contributed by atoms with E-state index in [1.807, 2.05) is 24.3 Å². The van der Waals surface area contributed by atoms with Gasteiger partial charge < -0.3 is 4.74 Å². The topological polar surface area (TPSA) is 52.3 Å². The van der Waals surface area contributed by atoms with Crippen LogP contribution < -0.4 is 4.74 Å². The first-order chi connectivity index (χ1) is 9.19. The number of rotatable bonds is 2. The number of benzene rings is 1. The van der Waals surface area contributed by atoms with Gasteiger partial charge in [-0.25, -0.2) is 14.5 Å². The number of ether oxygens (including phenoxy) is 1. The molecule has 0 aliphatic heterocycles. The van der Waals surface area contributed by atoms with Gasteiger partial charge in [-0.05, 0) is 40.2 Å². The normalized spacial score (nSPS) is 10.9. The lowest BCUT2D eigenvalue weighted by atomic mass is 10.2. The van der Waals surface area contributed by atoms with Crippen molar-refractivity contribution in [1.82, 2.24) is 19.6 Å². The molecule has 5 nitrogen and oxygen atoms in total. The maximum absolute atomic E-state index is 5.93. The minimum atomic E-state index is 0.362. The predicted molar refractivity (Wildman–Crippen MR) is 75.5 cm³/mol. The summed E-state index contributed by atoms with van der Waals surface area (Å²) in [5, 5.41) is 4.72. The molecule has 0 atom stereocenters. The SMILES string of the molecule is COc1ccc(-c2nc3c(Br)c(Cl)ncn3n2)cc1. The number of methoxy groups -OCH3 is 1. The molecule has 2 aromatic heterocycles. The lowest BCUT2D eigenvalue weighted by Gasteiger charge is -1.99. The highest BCUT2D eigenvalue weighted by Gasteiger charge is 2.11. The smallest absolute Gasteiger partial charge is 0.182 e. The first kappa shape index (κ1) is 12.4. The van der Waals surface area contributed by atoms with E-state index in [-0.39, 0.29) is 0 Å². The Kier molecular flexibility index (Phi) is 3.12. The van der Waals surface area contributed by atoms with Crippen molar-refractivity contribution in [3.63, 3.8) is 0 Å². The van der Waals surface area contributed by atoms with Crippen LogP contribution in [-0.2, 0) is 0 Å². The molecule has 0 N–H and O–H groups in total. The molecule has 96 valence electrons. The Balaban J connectivity index is 2.12. The van der Waals surface area contributed by atoms with Gasteiger partial charge in [0.2, 0.25) is 0 Å². The van der Waals surface area contributed by atoms with E-state index in [4.69, 9.17) is 16.3 Å². The van der Waals surface area contributed by atoms with E-state index in [1.165, 1.54) is 6.33 Å². The van der Waals surface area contributed by atoms with Gasteiger partial charge in [-0.3, -0.25) is 0 Å². The zero-order valence-corrected chi connectivity index (χ0v) is 12.2. The van der Waals surface area contributed by atoms with Crippen LogP contribution in [0.3, 0.4) is 0 Å². The number of hydrogen-bond acceptors (Lipinski definition) is 4. The van der Waals surface area contributed by atoms with Crippen molar-refractivity contribution in [2.45, 2.75) is 0 Å². The van der Waals surface area contributed by atoms with Crippen molar-refractivity contribution < 1.29 is 4.74 Å². The van der Waals surface area contributed by atoms with E-state index >= 15 is 0 Å². The van der Waals surface area contributed by atoms with E-state index in [0.29, 0.717) is 21.1 Å². The van der Waals surface area contributed by atoms with E-state index < -0.39 is 0 Å². The molecule has 3 aromatic rings. The monoisotopic (exact) mass is 338 g/mol. The van der Waals surface area contributed by atoms with Gasteiger partial charge in [0.05, 0.1) is 11.6 Å². The zero-order valence-electron chi connectivity index (χ0n) is 9.84. The predicted octanol–water partition coefficient (Wildman–Crippen LogP) is 3.22. The molecule has 0 fully saturated rings. The molecule has 0 radical (unpaired) electrons. The molecule has 7 heteroatoms. The van der Waals surface area contributed by atoms with Crippen molar-refractivity contribution in [1.29, 1.82) is 0 Å². The molecule has 0 amide bonds. The number of halogens is 2. The van der Waals surface area contributed by atoms with Crippen LogP contribution in [0.15, 0.2) is 35.1 Å². The van der Waals surface area contributed by atoms with Crippen LogP contribution >= 0.6 is 27.5 Å². The fourth-order valence-corrected chi connectivity index (χ4v) is 2.17. The van der Waals surface area contributed by atoms with Gasteiger partial charge in [0.1, 0.15) is 17.2 Å². The van der Waals surface area contributed by atoms with Gasteiger partial charge in [0.15, 0.2) is 11.5 Å². The maximum Gasteiger partial charge on any atom is 0.182 e. The molecular weight excluding hydrogens is 332 g/mol. The van der Waals surface area contributed by atoms with Crippen LogP contribution in [0.4, 0.5) is 0 Å². The van der Waals surface area contributed by atoms with Crippen LogP contribution in [0.1, 0.15) is 0 Å². The number of aromatic nitrogens is 4. The summed E-state index contributed by atoms with van der Waals surface area (Å²) >= 11 is 9.28. The lowest BCUT2D eigenvalue weighted by molar-refractivity contribution is 0.415. The van der Waals surface area contributed by atoms with Crippen molar-refractivity contribution in [2.24, 2.45) is 0 Å². The third-order valence-electron chi connectivity index (χ3n) is 2.64. The summed E-state index contributed by atoms with van der Waals surface area (Å²) in [7, 11) is 1.63. The highest BCUT2D eigenvalue weighted by Crippen LogP contribution is 2.26. The largest absolute Gasteiger partial charge is 0.497 e. The summed E-state index contributed by atoms with van der Waals surface area (Å²) in [4.78, 5) is 8.44. The Bertz CT molecular complexity index is 741. The second kappa shape index (κ2) is 4.79. The summed E-state index contributed by atoms with van der Waals surface area (Å²) < 4.78 is 7.33. The molecular formula is C12H8BrClN4O. The fraction of sp³-hybridized carbons (Fsp3) is 0.0833. The van der Waals surface area contributed by atoms with Crippen molar-refractivity contribution in [2.75, 3.05) is 7.11 Å². The molecule has 0 aliphatic carbocycles. The quantitative estimate of drug-likeness (QED) is 0.673. The molecule has 3 rings (SSSR count). The Hall–Kier alpha value is -1.66. The summed E-state index contributed by atoms with van der Waals surface area (Å²) in [6, 6.07) is 7.52. The lowest BCUT2D eigenvalue weighted by Crippen LogP contribution is -1.91. The highest BCUT2D eigenvalue weighted by molar-refractivity contribution is 9.10. The van der Waals surface area contributed by atoms with Crippen LogP contribution in [0.5, 0.6) is 5.75 Å². The average Bonchev–Trinajstić information content (AvgIpc) is 2.88. The van der Waals surface area contributed by atoms with Crippen LogP contribution in [0.2, 0.25) is 5.15 Å². The van der Waals surface area contributed by atoms with Gasteiger partial charge in [-0.1, -0.05) is 11.6 Å². The average molecular weight is 340 g/mol. The molecule has 0 saturated heterocycles. The maximum atomic E-state index is 5.93. The summed E-state index contributed by atoms with van der Waals surface area (Å²) in [6.07, 6.45) is 1.53. The number of hydrogen-bond donors (Lipinski definition) is 0. The number of nitrogens with zero attached hydrogens (tertiary/aromatic N) is 4. The van der Waals surface area contributed by atoms with E-state index in [2.05, 4.69) is 31.0 Å². The van der Waals surface area contributed by atoms with Crippen LogP contribution in [0, 0.1) is 0 Å². The highest BCUT2D eigenvalue weighted by atomic mass is 79.9. The van der Waals surface area contributed by atoms with Gasteiger partial charge in [0, 0.05) is 5.56 Å². The molecule has 0 aliphatic rings. The second-order valence-electron chi connectivity index (χ2n) is 3.78. The van der Waals surface area contributed by atoms with E-state index in [1.54, 1.807) is 11.6 Å². The Morgan fingerprint density at radius 2 is 2.00 bits per heavy atom. The molecule has 1 aromatic carbocycles. The van der Waals surface area contributed by atoms with Crippen molar-refractivity contribution in [3.05, 3.63) is 40.2 Å². The van der Waals surface area contributed by atoms with Crippen LogP contribution in [-0.4, -0.2) is 26.7 Å². The molecule has 2 heterocycles. The zero-order chi connectivity index (χ0) is 13.4. The second-order valence-corrected chi connectivity index (χ2v) is 4.93. The van der Waals surface area contributed by atoms with Crippen molar-refractivity contribution in [3.8, 4) is 17.1 Å². The molecule has 0 bridgehead atoms. The minimum absolute atomic E-state index is 0.362. The summed E-state index contributed by atoms with van der Waals surface area (Å²) in [5.41, 5.74) is 1.53. The van der Waals surface area contributed by atoms with Gasteiger partial charge in [-0.15, -0.1) is 5.10 Å². The van der Waals surface area contributed by atoms with Crippen molar-refractivity contribution >= 4 is 33.2 Å². The first-order valence-corrected chi connectivity index (χ1v) is 6.57.